The molecule has 0 unspecified atom stereocenters. The Morgan fingerprint density at radius 1 is 1.25 bits per heavy atom. The van der Waals surface area contributed by atoms with Crippen LogP contribution < -0.4 is 0 Å². The molecule has 1 heteroatoms. The molecule has 12 heavy (non-hydrogen) atoms. The van der Waals surface area contributed by atoms with Gasteiger partial charge in [0, 0.05) is 18.3 Å². The van der Waals surface area contributed by atoms with Gasteiger partial charge in [0.1, 0.15) is 0 Å². The van der Waals surface area contributed by atoms with Crippen molar-refractivity contribution in [3.8, 4) is 0 Å². The van der Waals surface area contributed by atoms with Crippen LogP contribution in [0.1, 0.15) is 40.5 Å². The average molecular weight is 167 g/mol. The first kappa shape index (κ1) is 9.63. The average Bonchev–Trinajstić information content (AvgIpc) is 2.04. The van der Waals surface area contributed by atoms with E-state index in [0.717, 1.165) is 0 Å². The third kappa shape index (κ3) is 2.02. The van der Waals surface area contributed by atoms with E-state index in [1.165, 1.54) is 19.4 Å². The first-order valence-corrected chi connectivity index (χ1v) is 5.09. The molecule has 1 aliphatic rings. The quantitative estimate of drug-likeness (QED) is 0.611. The monoisotopic (exact) mass is 167 g/mol. The molecule has 1 rings (SSSR count). The van der Waals surface area contributed by atoms with E-state index in [1.807, 2.05) is 0 Å². The number of hydrogen-bond donors (Lipinski definition) is 0. The highest BCUT2D eigenvalue weighted by Crippen LogP contribution is 2.23. The molecule has 0 aliphatic carbocycles. The largest absolute Gasteiger partial charge is 0.372 e. The molecular weight excluding hydrogens is 146 g/mol. The van der Waals surface area contributed by atoms with Crippen LogP contribution in [0.5, 0.6) is 0 Å². The minimum atomic E-state index is 0.666. The lowest BCUT2D eigenvalue weighted by molar-refractivity contribution is 0.243. The summed E-state index contributed by atoms with van der Waals surface area (Å²) in [5, 5.41) is 0. The van der Waals surface area contributed by atoms with Crippen molar-refractivity contribution in [1.82, 2.24) is 4.90 Å². The fourth-order valence-electron chi connectivity index (χ4n) is 1.88. The first-order chi connectivity index (χ1) is 5.63. The predicted molar refractivity (Wildman–Crippen MR) is 54.0 cm³/mol. The van der Waals surface area contributed by atoms with Crippen molar-refractivity contribution >= 4 is 0 Å². The van der Waals surface area contributed by atoms with Crippen molar-refractivity contribution < 1.29 is 0 Å². The maximum absolute atomic E-state index is 2.54. The molecule has 0 aromatic carbocycles. The molecule has 0 spiro atoms. The minimum Gasteiger partial charge on any atom is -0.372 e. The summed E-state index contributed by atoms with van der Waals surface area (Å²) in [6.45, 7) is 10.4. The number of rotatable bonds is 2. The summed E-state index contributed by atoms with van der Waals surface area (Å²) in [5.41, 5.74) is 1.55. The van der Waals surface area contributed by atoms with Crippen LogP contribution in [0.25, 0.3) is 0 Å². The van der Waals surface area contributed by atoms with E-state index >= 15 is 0 Å². The third-order valence-corrected chi connectivity index (χ3v) is 2.50. The normalized spacial score (nSPS) is 18.8. The van der Waals surface area contributed by atoms with Crippen LogP contribution in [0.2, 0.25) is 0 Å². The second-order valence-electron chi connectivity index (χ2n) is 4.21. The van der Waals surface area contributed by atoms with E-state index in [2.05, 4.69) is 38.7 Å². The lowest BCUT2D eigenvalue weighted by Gasteiger charge is -2.36. The van der Waals surface area contributed by atoms with Crippen LogP contribution in [0.3, 0.4) is 0 Å². The van der Waals surface area contributed by atoms with Gasteiger partial charge in [0.05, 0.1) is 0 Å². The minimum absolute atomic E-state index is 0.666. The lowest BCUT2D eigenvalue weighted by Crippen LogP contribution is -2.35. The van der Waals surface area contributed by atoms with Gasteiger partial charge in [-0.15, -0.1) is 0 Å². The molecule has 0 saturated heterocycles. The van der Waals surface area contributed by atoms with Gasteiger partial charge in [0.25, 0.3) is 0 Å². The van der Waals surface area contributed by atoms with Crippen LogP contribution in [0, 0.1) is 5.92 Å². The number of nitrogens with zero attached hydrogens (tertiary/aromatic N) is 1. The summed E-state index contributed by atoms with van der Waals surface area (Å²) < 4.78 is 0. The fourth-order valence-corrected chi connectivity index (χ4v) is 1.88. The molecule has 0 N–H and O–H groups in total. The standard InChI is InChI=1S/C11H21N/c1-9(2)11-7-5-6-8-12(11)10(3)4/h7,9-10H,5-6,8H2,1-4H3. The Kier molecular flexibility index (Phi) is 3.19. The molecule has 0 atom stereocenters. The van der Waals surface area contributed by atoms with Crippen molar-refractivity contribution in [1.29, 1.82) is 0 Å². The number of allylic oxidation sites excluding steroid dienone is 2. The Labute approximate surface area is 76.5 Å². The van der Waals surface area contributed by atoms with Crippen LogP contribution >= 0.6 is 0 Å². The maximum Gasteiger partial charge on any atom is 0.0230 e. The van der Waals surface area contributed by atoms with E-state index in [4.69, 9.17) is 0 Å². The fraction of sp³-hybridized carbons (Fsp3) is 0.818. The molecule has 0 fully saturated rings. The van der Waals surface area contributed by atoms with Crippen LogP contribution in [0.15, 0.2) is 11.8 Å². The van der Waals surface area contributed by atoms with Crippen molar-refractivity contribution in [2.75, 3.05) is 6.54 Å². The smallest absolute Gasteiger partial charge is 0.0230 e. The summed E-state index contributed by atoms with van der Waals surface area (Å²) in [5.74, 6) is 0.688. The molecule has 1 nitrogen and oxygen atoms in total. The Bertz CT molecular complexity index is 168. The highest BCUT2D eigenvalue weighted by Gasteiger charge is 2.17. The molecule has 0 saturated carbocycles. The maximum atomic E-state index is 2.54. The zero-order valence-corrected chi connectivity index (χ0v) is 8.80. The van der Waals surface area contributed by atoms with Gasteiger partial charge < -0.3 is 4.90 Å². The van der Waals surface area contributed by atoms with Crippen molar-refractivity contribution in [2.45, 2.75) is 46.6 Å². The van der Waals surface area contributed by atoms with Gasteiger partial charge in [0.15, 0.2) is 0 Å². The third-order valence-electron chi connectivity index (χ3n) is 2.50. The van der Waals surface area contributed by atoms with E-state index < -0.39 is 0 Å². The highest BCUT2D eigenvalue weighted by molar-refractivity contribution is 5.07. The molecule has 0 radical (unpaired) electrons. The SMILES string of the molecule is CC(C)C1=CCCCN1C(C)C. The van der Waals surface area contributed by atoms with Gasteiger partial charge in [-0.25, -0.2) is 0 Å². The van der Waals surface area contributed by atoms with Gasteiger partial charge in [-0.05, 0) is 32.6 Å². The Balaban J connectivity index is 2.71. The summed E-state index contributed by atoms with van der Waals surface area (Å²) >= 11 is 0. The Hall–Kier alpha value is -0.460. The highest BCUT2D eigenvalue weighted by atomic mass is 15.2. The molecule has 1 aliphatic heterocycles. The molecule has 70 valence electrons. The van der Waals surface area contributed by atoms with Gasteiger partial charge >= 0.3 is 0 Å². The second-order valence-corrected chi connectivity index (χ2v) is 4.21. The van der Waals surface area contributed by atoms with Crippen LogP contribution in [0.4, 0.5) is 0 Å². The van der Waals surface area contributed by atoms with Crippen molar-refractivity contribution in [3.05, 3.63) is 11.8 Å². The molecule has 1 heterocycles. The van der Waals surface area contributed by atoms with Gasteiger partial charge in [-0.3, -0.25) is 0 Å². The molecule has 0 amide bonds. The van der Waals surface area contributed by atoms with Crippen LogP contribution in [-0.4, -0.2) is 17.5 Å². The Morgan fingerprint density at radius 2 is 1.92 bits per heavy atom. The molecule has 0 aromatic rings. The zero-order valence-electron chi connectivity index (χ0n) is 8.80. The summed E-state index contributed by atoms with van der Waals surface area (Å²) in [6, 6.07) is 0.666. The topological polar surface area (TPSA) is 3.24 Å². The predicted octanol–water partition coefficient (Wildman–Crippen LogP) is 3.03. The molecule has 0 bridgehead atoms. The molecule has 0 aromatic heterocycles. The van der Waals surface area contributed by atoms with Crippen molar-refractivity contribution in [2.24, 2.45) is 5.92 Å². The summed E-state index contributed by atoms with van der Waals surface area (Å²) in [7, 11) is 0. The summed E-state index contributed by atoms with van der Waals surface area (Å²) in [4.78, 5) is 2.54. The summed E-state index contributed by atoms with van der Waals surface area (Å²) in [6.07, 6.45) is 5.01. The van der Waals surface area contributed by atoms with Gasteiger partial charge in [-0.2, -0.15) is 0 Å². The van der Waals surface area contributed by atoms with E-state index in [0.29, 0.717) is 12.0 Å². The lowest BCUT2D eigenvalue weighted by atomic mass is 10.0. The van der Waals surface area contributed by atoms with E-state index in [1.54, 1.807) is 5.70 Å². The van der Waals surface area contributed by atoms with Gasteiger partial charge in [0.2, 0.25) is 0 Å². The zero-order chi connectivity index (χ0) is 9.14. The Morgan fingerprint density at radius 3 is 2.33 bits per heavy atom. The second kappa shape index (κ2) is 3.97. The van der Waals surface area contributed by atoms with E-state index in [9.17, 15) is 0 Å². The van der Waals surface area contributed by atoms with Gasteiger partial charge in [-0.1, -0.05) is 19.9 Å². The van der Waals surface area contributed by atoms with E-state index in [-0.39, 0.29) is 0 Å². The first-order valence-electron chi connectivity index (χ1n) is 5.09. The van der Waals surface area contributed by atoms with Crippen molar-refractivity contribution in [3.63, 3.8) is 0 Å². The molecular formula is C11H21N. The number of hydrogen-bond acceptors (Lipinski definition) is 1. The van der Waals surface area contributed by atoms with Crippen LogP contribution in [-0.2, 0) is 0 Å².